The topological polar surface area (TPSA) is 35.5 Å². The van der Waals surface area contributed by atoms with E-state index < -0.39 is 5.41 Å². The molecule has 0 unspecified atom stereocenters. The van der Waals surface area contributed by atoms with E-state index in [1.54, 1.807) is 0 Å². The molecule has 2 atom stereocenters. The largest absolute Gasteiger partial charge is 0.487 e. The van der Waals surface area contributed by atoms with Crippen molar-refractivity contribution < 1.29 is 14.3 Å². The van der Waals surface area contributed by atoms with E-state index in [-0.39, 0.29) is 17.0 Å². The highest BCUT2D eigenvalue weighted by atomic mass is 16.5. The smallest absolute Gasteiger partial charge is 0.316 e. The third-order valence-electron chi connectivity index (χ3n) is 7.24. The maximum atomic E-state index is 12.9. The second-order valence-corrected chi connectivity index (χ2v) is 11.9. The molecule has 0 spiro atoms. The summed E-state index contributed by atoms with van der Waals surface area (Å²) >= 11 is 0. The number of fused-ring (bicyclic) bond motifs is 3. The number of unbranched alkanes of at least 4 members (excludes halogenated alkanes) is 1. The van der Waals surface area contributed by atoms with E-state index in [4.69, 9.17) is 9.47 Å². The van der Waals surface area contributed by atoms with Crippen molar-refractivity contribution in [2.45, 2.75) is 111 Å². The van der Waals surface area contributed by atoms with Crippen LogP contribution in [0.4, 0.5) is 0 Å². The molecule has 172 valence electrons. The molecule has 1 heterocycles. The lowest BCUT2D eigenvalue weighted by Gasteiger charge is -2.47. The van der Waals surface area contributed by atoms with Crippen LogP contribution in [-0.2, 0) is 10.2 Å². The normalized spacial score (nSPS) is 22.7. The Hall–Kier alpha value is -1.77. The third-order valence-corrected chi connectivity index (χ3v) is 7.24. The van der Waals surface area contributed by atoms with Crippen molar-refractivity contribution >= 4 is 5.97 Å². The molecular formula is C28H42O3. The molecule has 0 radical (unpaired) electrons. The molecule has 3 rings (SSSR count). The minimum atomic E-state index is -0.558. The number of allylic oxidation sites excluding steroid dienone is 2. The van der Waals surface area contributed by atoms with Gasteiger partial charge in [-0.25, -0.2) is 0 Å². The highest BCUT2D eigenvalue weighted by Gasteiger charge is 2.46. The van der Waals surface area contributed by atoms with Crippen LogP contribution in [0, 0.1) is 11.3 Å². The average Bonchev–Trinajstić information content (AvgIpc) is 2.64. The lowest BCUT2D eigenvalue weighted by Crippen LogP contribution is -2.45. The summed E-state index contributed by atoms with van der Waals surface area (Å²) in [5.74, 6) is 2.09. The molecule has 0 bridgehead atoms. The van der Waals surface area contributed by atoms with Gasteiger partial charge in [0.25, 0.3) is 0 Å². The van der Waals surface area contributed by atoms with Crippen LogP contribution in [0.1, 0.15) is 111 Å². The zero-order valence-corrected chi connectivity index (χ0v) is 21.1. The van der Waals surface area contributed by atoms with Gasteiger partial charge in [-0.3, -0.25) is 4.79 Å². The summed E-state index contributed by atoms with van der Waals surface area (Å²) in [6.45, 7) is 19.1. The summed E-state index contributed by atoms with van der Waals surface area (Å²) in [6.07, 6.45) is 7.76. The van der Waals surface area contributed by atoms with E-state index in [1.807, 2.05) is 20.8 Å². The van der Waals surface area contributed by atoms with Crippen LogP contribution in [0.15, 0.2) is 23.8 Å². The van der Waals surface area contributed by atoms with E-state index in [2.05, 4.69) is 59.8 Å². The third kappa shape index (κ3) is 4.86. The number of carbonyl (C=O) groups excluding carboxylic acids is 1. The molecule has 2 aliphatic rings. The number of ether oxygens (including phenoxy) is 2. The van der Waals surface area contributed by atoms with Gasteiger partial charge in [0.2, 0.25) is 0 Å². The van der Waals surface area contributed by atoms with E-state index in [1.165, 1.54) is 24.0 Å². The van der Waals surface area contributed by atoms with Crippen LogP contribution in [0.5, 0.6) is 11.5 Å². The molecule has 0 N–H and O–H groups in total. The summed E-state index contributed by atoms with van der Waals surface area (Å²) in [5.41, 5.74) is 2.85. The van der Waals surface area contributed by atoms with Crippen LogP contribution in [0.3, 0.4) is 0 Å². The Morgan fingerprint density at radius 3 is 2.48 bits per heavy atom. The zero-order chi connectivity index (χ0) is 23.2. The van der Waals surface area contributed by atoms with Crippen molar-refractivity contribution in [3.63, 3.8) is 0 Å². The fraction of sp³-hybridized carbons (Fsp3) is 0.679. The number of rotatable bonds is 5. The lowest BCUT2D eigenvalue weighted by atomic mass is 9.66. The summed E-state index contributed by atoms with van der Waals surface area (Å²) < 4.78 is 12.8. The Morgan fingerprint density at radius 2 is 1.87 bits per heavy atom. The highest BCUT2D eigenvalue weighted by molar-refractivity contribution is 5.78. The molecule has 1 aliphatic heterocycles. The van der Waals surface area contributed by atoms with Gasteiger partial charge in [-0.1, -0.05) is 45.3 Å². The Bertz CT molecular complexity index is 867. The van der Waals surface area contributed by atoms with Crippen LogP contribution in [0.2, 0.25) is 0 Å². The molecule has 0 saturated heterocycles. The molecule has 1 aromatic rings. The van der Waals surface area contributed by atoms with Gasteiger partial charge in [0.15, 0.2) is 0 Å². The predicted octanol–water partition coefficient (Wildman–Crippen LogP) is 7.72. The fourth-order valence-corrected chi connectivity index (χ4v) is 5.04. The molecule has 3 heteroatoms. The Labute approximate surface area is 189 Å². The second kappa shape index (κ2) is 8.30. The second-order valence-electron chi connectivity index (χ2n) is 11.9. The van der Waals surface area contributed by atoms with Crippen LogP contribution in [-0.4, -0.2) is 11.6 Å². The van der Waals surface area contributed by atoms with Crippen LogP contribution >= 0.6 is 0 Å². The molecular weight excluding hydrogens is 384 g/mol. The number of hydrogen-bond donors (Lipinski definition) is 0. The van der Waals surface area contributed by atoms with Crippen molar-refractivity contribution in [1.82, 2.24) is 0 Å². The number of benzene rings is 1. The first-order valence-corrected chi connectivity index (χ1v) is 12.0. The maximum absolute atomic E-state index is 12.9. The maximum Gasteiger partial charge on any atom is 0.316 e. The molecule has 0 saturated carbocycles. The molecule has 3 nitrogen and oxygen atoms in total. The van der Waals surface area contributed by atoms with Gasteiger partial charge in [-0.15, -0.1) is 0 Å². The van der Waals surface area contributed by atoms with Crippen molar-refractivity contribution in [3.8, 4) is 11.5 Å². The number of hydrogen-bond acceptors (Lipinski definition) is 3. The first kappa shape index (κ1) is 23.9. The first-order chi connectivity index (χ1) is 14.3. The van der Waals surface area contributed by atoms with Crippen LogP contribution < -0.4 is 9.47 Å². The quantitative estimate of drug-likeness (QED) is 0.275. The monoisotopic (exact) mass is 426 g/mol. The standard InChI is InChI=1S/C28H42O3/c1-10-11-14-27(6,7)19-16-22(30-25(29)26(3,4)5)24-20-15-18(2)12-13-21(20)28(8,9)31-23(24)17-19/h12,16-17,20-21H,10-11,13-15H2,1-9H3/t20-,21-/m1/s1. The van der Waals surface area contributed by atoms with Crippen LogP contribution in [0.25, 0.3) is 0 Å². The summed E-state index contributed by atoms with van der Waals surface area (Å²) in [7, 11) is 0. The van der Waals surface area contributed by atoms with Gasteiger partial charge in [0, 0.05) is 17.4 Å². The van der Waals surface area contributed by atoms with Crippen molar-refractivity contribution in [3.05, 3.63) is 34.9 Å². The predicted molar refractivity (Wildman–Crippen MR) is 128 cm³/mol. The van der Waals surface area contributed by atoms with E-state index in [9.17, 15) is 4.79 Å². The fourth-order valence-electron chi connectivity index (χ4n) is 5.04. The molecule has 0 amide bonds. The van der Waals surface area contributed by atoms with Crippen molar-refractivity contribution in [1.29, 1.82) is 0 Å². The van der Waals surface area contributed by atoms with Crippen molar-refractivity contribution in [2.24, 2.45) is 11.3 Å². The minimum Gasteiger partial charge on any atom is -0.487 e. The summed E-state index contributed by atoms with van der Waals surface area (Å²) in [4.78, 5) is 12.9. The Kier molecular flexibility index (Phi) is 6.39. The zero-order valence-electron chi connectivity index (χ0n) is 21.1. The van der Waals surface area contributed by atoms with E-state index in [0.29, 0.717) is 17.6 Å². The Balaban J connectivity index is 2.17. The van der Waals surface area contributed by atoms with Gasteiger partial charge in [0.05, 0.1) is 5.41 Å². The average molecular weight is 427 g/mol. The molecule has 0 fully saturated rings. The first-order valence-electron chi connectivity index (χ1n) is 12.0. The Morgan fingerprint density at radius 1 is 1.19 bits per heavy atom. The van der Waals surface area contributed by atoms with Gasteiger partial charge < -0.3 is 9.47 Å². The van der Waals surface area contributed by atoms with Gasteiger partial charge in [-0.2, -0.15) is 0 Å². The molecule has 0 aromatic heterocycles. The molecule has 1 aromatic carbocycles. The van der Waals surface area contributed by atoms with Gasteiger partial charge in [-0.05, 0) is 83.9 Å². The van der Waals surface area contributed by atoms with Gasteiger partial charge in [0.1, 0.15) is 17.1 Å². The van der Waals surface area contributed by atoms with Crippen molar-refractivity contribution in [2.75, 3.05) is 0 Å². The molecule has 31 heavy (non-hydrogen) atoms. The minimum absolute atomic E-state index is 0.0132. The SMILES string of the molecule is CCCCC(C)(C)c1cc(OC(=O)C(C)(C)C)c2c(c1)OC(C)(C)[C@@H]1CC=C(C)C[C@@H]21. The van der Waals surface area contributed by atoms with E-state index >= 15 is 0 Å². The van der Waals surface area contributed by atoms with Gasteiger partial charge >= 0.3 is 5.97 Å². The highest BCUT2D eigenvalue weighted by Crippen LogP contribution is 2.55. The number of carbonyl (C=O) groups is 1. The number of esters is 1. The van der Waals surface area contributed by atoms with E-state index in [0.717, 1.165) is 30.6 Å². The summed E-state index contributed by atoms with van der Waals surface area (Å²) in [5, 5.41) is 0. The lowest BCUT2D eigenvalue weighted by molar-refractivity contribution is -0.143. The molecule has 1 aliphatic carbocycles. The summed E-state index contributed by atoms with van der Waals surface area (Å²) in [6, 6.07) is 4.36.